The van der Waals surface area contributed by atoms with Crippen molar-refractivity contribution in [2.24, 2.45) is 0 Å². The van der Waals surface area contributed by atoms with Gasteiger partial charge in [0, 0.05) is 24.0 Å². The van der Waals surface area contributed by atoms with Gasteiger partial charge in [0.2, 0.25) is 0 Å². The zero-order valence-corrected chi connectivity index (χ0v) is 19.8. The van der Waals surface area contributed by atoms with Gasteiger partial charge in [0.25, 0.3) is 0 Å². The number of halogens is 3. The first-order valence-corrected chi connectivity index (χ1v) is 11.8. The van der Waals surface area contributed by atoms with Gasteiger partial charge in [0.1, 0.15) is 11.9 Å². The van der Waals surface area contributed by atoms with Crippen molar-refractivity contribution < 1.29 is 23.0 Å². The molecule has 186 valence electrons. The number of hydrogen-bond donors (Lipinski definition) is 2. The number of aryl methyl sites for hydroxylation is 1. The summed E-state index contributed by atoms with van der Waals surface area (Å²) in [5.74, 6) is -4.40. The third-order valence-corrected chi connectivity index (χ3v) is 6.91. The lowest BCUT2D eigenvalue weighted by molar-refractivity contribution is -0.108. The summed E-state index contributed by atoms with van der Waals surface area (Å²) < 4.78 is 49.9. The molecule has 10 heteroatoms. The lowest BCUT2D eigenvalue weighted by Crippen LogP contribution is -2.42. The van der Waals surface area contributed by atoms with Crippen LogP contribution in [0.4, 0.5) is 24.7 Å². The number of rotatable bonds is 6. The van der Waals surface area contributed by atoms with Crippen LogP contribution in [0.2, 0.25) is 0 Å². The van der Waals surface area contributed by atoms with Crippen LogP contribution in [-0.2, 0) is 10.7 Å². The van der Waals surface area contributed by atoms with Crippen LogP contribution in [0.15, 0.2) is 30.5 Å². The van der Waals surface area contributed by atoms with Crippen LogP contribution in [-0.4, -0.2) is 51.7 Å². The molecule has 2 saturated heterocycles. The molecule has 2 N–H and O–H groups in total. The molecule has 0 radical (unpaired) electrons. The van der Waals surface area contributed by atoms with Gasteiger partial charge >= 0.3 is 5.92 Å². The topological polar surface area (TPSA) is 83.4 Å². The van der Waals surface area contributed by atoms with Crippen molar-refractivity contribution in [3.8, 4) is 0 Å². The van der Waals surface area contributed by atoms with Crippen LogP contribution < -0.4 is 10.2 Å². The largest absolute Gasteiger partial charge is 0.387 e. The van der Waals surface area contributed by atoms with Gasteiger partial charge in [-0.15, -0.1) is 5.10 Å². The van der Waals surface area contributed by atoms with Crippen LogP contribution in [0.25, 0.3) is 10.9 Å². The summed E-state index contributed by atoms with van der Waals surface area (Å²) in [5.41, 5.74) is 1.43. The van der Waals surface area contributed by atoms with Crippen molar-refractivity contribution in [1.29, 1.82) is 0 Å². The Kier molecular flexibility index (Phi) is 6.04. The van der Waals surface area contributed by atoms with E-state index in [4.69, 9.17) is 4.74 Å². The third kappa shape index (κ3) is 4.29. The molecule has 1 aromatic carbocycles. The zero-order chi connectivity index (χ0) is 24.9. The molecule has 0 saturated carbocycles. The number of hydrogen-bond acceptors (Lipinski definition) is 7. The Balaban J connectivity index is 1.48. The number of morpholine rings is 1. The van der Waals surface area contributed by atoms with E-state index in [2.05, 4.69) is 25.4 Å². The highest BCUT2D eigenvalue weighted by Crippen LogP contribution is 2.37. The molecule has 4 heterocycles. The highest BCUT2D eigenvalue weighted by atomic mass is 19.3. The first-order chi connectivity index (χ1) is 16.6. The summed E-state index contributed by atoms with van der Waals surface area (Å²) in [7, 11) is 0. The fourth-order valence-electron chi connectivity index (χ4n) is 4.90. The second-order valence-corrected chi connectivity index (χ2v) is 9.46. The minimum Gasteiger partial charge on any atom is -0.387 e. The van der Waals surface area contributed by atoms with Crippen molar-refractivity contribution >= 4 is 22.4 Å². The molecule has 5 rings (SSSR count). The number of nitrogens with one attached hydrogen (secondary N) is 1. The first kappa shape index (κ1) is 23.7. The fourth-order valence-corrected chi connectivity index (χ4v) is 4.90. The van der Waals surface area contributed by atoms with Gasteiger partial charge in [0.15, 0.2) is 5.82 Å². The number of aromatic nitrogens is 3. The molecule has 2 bridgehead atoms. The second-order valence-electron chi connectivity index (χ2n) is 9.46. The van der Waals surface area contributed by atoms with Crippen molar-refractivity contribution in [1.82, 2.24) is 15.2 Å². The Hall–Kier alpha value is -2.98. The third-order valence-electron chi connectivity index (χ3n) is 6.91. The van der Waals surface area contributed by atoms with E-state index >= 15 is 4.39 Å². The monoisotopic (exact) mass is 487 g/mol. The van der Waals surface area contributed by atoms with Gasteiger partial charge in [-0.1, -0.05) is 12.1 Å². The minimum absolute atomic E-state index is 0.0345. The maximum atomic E-state index is 15.1. The predicted molar refractivity (Wildman–Crippen MR) is 126 cm³/mol. The molecular weight excluding hydrogens is 459 g/mol. The summed E-state index contributed by atoms with van der Waals surface area (Å²) in [6, 6.07) is 5.06. The summed E-state index contributed by atoms with van der Waals surface area (Å²) in [6.07, 6.45) is 2.33. The maximum Gasteiger partial charge on any atom is 0.301 e. The van der Waals surface area contributed by atoms with E-state index in [1.165, 1.54) is 12.1 Å². The Labute approximate surface area is 201 Å². The average Bonchev–Trinajstić information content (AvgIpc) is 3.17. The van der Waals surface area contributed by atoms with Crippen LogP contribution in [0.1, 0.15) is 49.6 Å². The number of ether oxygens (including phenoxy) is 1. The highest BCUT2D eigenvalue weighted by Gasteiger charge is 2.41. The van der Waals surface area contributed by atoms with Crippen molar-refractivity contribution in [2.75, 3.05) is 23.3 Å². The molecule has 0 amide bonds. The number of anilines is 2. The molecule has 3 aromatic rings. The smallest absolute Gasteiger partial charge is 0.301 e. The Morgan fingerprint density at radius 2 is 1.89 bits per heavy atom. The molecule has 7 nitrogen and oxygen atoms in total. The number of nitrogens with zero attached hydrogens (tertiary/aromatic N) is 4. The minimum atomic E-state index is -3.72. The quantitative estimate of drug-likeness (QED) is 0.530. The van der Waals surface area contributed by atoms with Gasteiger partial charge in [-0.05, 0) is 45.7 Å². The molecule has 35 heavy (non-hydrogen) atoms. The van der Waals surface area contributed by atoms with E-state index in [9.17, 15) is 13.9 Å². The fraction of sp³-hybridized carbons (Fsp3) is 0.480. The zero-order valence-electron chi connectivity index (χ0n) is 19.8. The SMILES string of the molecule is Cc1nnc(N[C@H](C)c2cccc(C(F)(F)C(C)O)c2F)c2cc(N3CC4CCC(C3)O4)cnc12. The van der Waals surface area contributed by atoms with Crippen LogP contribution >= 0.6 is 0 Å². The van der Waals surface area contributed by atoms with E-state index in [0.29, 0.717) is 22.4 Å². The van der Waals surface area contributed by atoms with Crippen LogP contribution in [0.3, 0.4) is 0 Å². The van der Waals surface area contributed by atoms with Crippen LogP contribution in [0.5, 0.6) is 0 Å². The number of aliphatic hydroxyl groups is 1. The molecule has 2 aliphatic heterocycles. The molecule has 2 aliphatic rings. The summed E-state index contributed by atoms with van der Waals surface area (Å²) in [4.78, 5) is 6.88. The molecule has 2 aromatic heterocycles. The van der Waals surface area contributed by atoms with Crippen LogP contribution in [0, 0.1) is 12.7 Å². The number of alkyl halides is 2. The standard InChI is InChI=1S/C25H28F3N5O2/c1-13(19-5-4-6-21(22(19)26)25(27,28)15(3)34)30-24-20-9-16(10-29-23(20)14(2)31-32-24)33-11-17-7-8-18(12-33)35-17/h4-6,9-10,13,15,17-18,34H,7-8,11-12H2,1-3H3,(H,30,32)/t13-,15?,17?,18?/m1/s1. The molecule has 0 spiro atoms. The van der Waals surface area contributed by atoms with Gasteiger partial charge in [-0.25, -0.2) is 4.39 Å². The summed E-state index contributed by atoms with van der Waals surface area (Å²) >= 11 is 0. The van der Waals surface area contributed by atoms with Gasteiger partial charge in [0.05, 0.1) is 46.9 Å². The van der Waals surface area contributed by atoms with Crippen molar-refractivity contribution in [3.63, 3.8) is 0 Å². The number of fused-ring (bicyclic) bond motifs is 3. The Morgan fingerprint density at radius 3 is 2.57 bits per heavy atom. The lowest BCUT2D eigenvalue weighted by Gasteiger charge is -2.33. The first-order valence-electron chi connectivity index (χ1n) is 11.8. The van der Waals surface area contributed by atoms with Gasteiger partial charge in [-0.3, -0.25) is 4.98 Å². The van der Waals surface area contributed by atoms with E-state index < -0.39 is 29.4 Å². The molecule has 3 unspecified atom stereocenters. The number of benzene rings is 1. The van der Waals surface area contributed by atoms with Gasteiger partial charge in [-0.2, -0.15) is 13.9 Å². The molecular formula is C25H28F3N5O2. The number of pyridine rings is 1. The van der Waals surface area contributed by atoms with Crippen molar-refractivity contribution in [3.05, 3.63) is 53.1 Å². The Bertz CT molecular complexity index is 1240. The number of aliphatic hydroxyl groups excluding tert-OH is 1. The van der Waals surface area contributed by atoms with Gasteiger partial charge < -0.3 is 20.1 Å². The van der Waals surface area contributed by atoms with E-state index in [1.807, 2.05) is 19.2 Å². The normalized spacial score (nSPS) is 21.9. The predicted octanol–water partition coefficient (Wildman–Crippen LogP) is 4.49. The van der Waals surface area contributed by atoms with E-state index in [1.54, 1.807) is 6.92 Å². The summed E-state index contributed by atoms with van der Waals surface area (Å²) in [5, 5.41) is 21.8. The second kappa shape index (κ2) is 8.91. The average molecular weight is 488 g/mol. The molecule has 0 aliphatic carbocycles. The molecule has 2 fully saturated rings. The van der Waals surface area contributed by atoms with Crippen molar-refractivity contribution in [2.45, 2.75) is 63.9 Å². The summed E-state index contributed by atoms with van der Waals surface area (Å²) in [6.45, 7) is 5.98. The van der Waals surface area contributed by atoms with E-state index in [0.717, 1.165) is 44.6 Å². The van der Waals surface area contributed by atoms with E-state index in [-0.39, 0.29) is 17.8 Å². The molecule has 4 atom stereocenters. The lowest BCUT2D eigenvalue weighted by atomic mass is 9.97. The highest BCUT2D eigenvalue weighted by molar-refractivity contribution is 5.92. The Morgan fingerprint density at radius 1 is 1.17 bits per heavy atom. The maximum absolute atomic E-state index is 15.1.